The van der Waals surface area contributed by atoms with E-state index in [2.05, 4.69) is 0 Å². The molecule has 0 atom stereocenters. The Hall–Kier alpha value is -0.330. The fourth-order valence-corrected chi connectivity index (χ4v) is 4.18. The molecule has 1 aliphatic heterocycles. The van der Waals surface area contributed by atoms with Crippen LogP contribution in [-0.4, -0.2) is 60.8 Å². The third-order valence-corrected chi connectivity index (χ3v) is 5.39. The van der Waals surface area contributed by atoms with E-state index in [4.69, 9.17) is 11.6 Å². The minimum absolute atomic E-state index is 0.00305. The highest BCUT2D eigenvalue weighted by Crippen LogP contribution is 2.25. The summed E-state index contributed by atoms with van der Waals surface area (Å²) in [4.78, 5) is 13.5. The number of nitrogens with zero attached hydrogens (tertiary/aromatic N) is 2. The van der Waals surface area contributed by atoms with E-state index in [9.17, 15) is 13.2 Å². The summed E-state index contributed by atoms with van der Waals surface area (Å²) in [5, 5.41) is 0. The first-order valence-corrected chi connectivity index (χ1v) is 7.70. The lowest BCUT2D eigenvalue weighted by Gasteiger charge is -2.43. The summed E-state index contributed by atoms with van der Waals surface area (Å²) in [6.07, 6.45) is 0.403. The summed E-state index contributed by atoms with van der Waals surface area (Å²) in [6.45, 7) is 4.06. The topological polar surface area (TPSA) is 57.7 Å². The minimum Gasteiger partial charge on any atom is -0.343 e. The van der Waals surface area contributed by atoms with Gasteiger partial charge in [0.1, 0.15) is 5.54 Å². The zero-order valence-electron chi connectivity index (χ0n) is 10.4. The van der Waals surface area contributed by atoms with Crippen LogP contribution in [0.1, 0.15) is 20.3 Å². The van der Waals surface area contributed by atoms with Crippen molar-refractivity contribution in [1.82, 2.24) is 9.21 Å². The quantitative estimate of drug-likeness (QED) is 0.706. The Morgan fingerprint density at radius 1 is 1.35 bits per heavy atom. The number of amides is 1. The average molecular weight is 283 g/mol. The van der Waals surface area contributed by atoms with Gasteiger partial charge in [-0.25, -0.2) is 8.42 Å². The molecule has 1 amide bonds. The number of piperazine rings is 1. The molecule has 0 aliphatic carbocycles. The van der Waals surface area contributed by atoms with E-state index in [-0.39, 0.29) is 11.7 Å². The molecule has 7 heteroatoms. The van der Waals surface area contributed by atoms with Gasteiger partial charge < -0.3 is 4.90 Å². The van der Waals surface area contributed by atoms with Crippen LogP contribution < -0.4 is 0 Å². The maximum absolute atomic E-state index is 12.1. The molecule has 1 rings (SSSR count). The normalized spacial score (nSPS) is 21.9. The Bertz CT molecular complexity index is 394. The molecule has 1 aliphatic rings. The first kappa shape index (κ1) is 14.7. The molecule has 100 valence electrons. The fraction of sp³-hybridized carbons (Fsp3) is 0.900. The van der Waals surface area contributed by atoms with Crippen LogP contribution in [0.25, 0.3) is 0 Å². The molecule has 0 aromatic carbocycles. The monoisotopic (exact) mass is 282 g/mol. The van der Waals surface area contributed by atoms with Crippen LogP contribution in [0.3, 0.4) is 0 Å². The molecule has 0 aromatic rings. The molecule has 1 saturated heterocycles. The van der Waals surface area contributed by atoms with E-state index < -0.39 is 15.6 Å². The van der Waals surface area contributed by atoms with Crippen molar-refractivity contribution in [1.29, 1.82) is 0 Å². The van der Waals surface area contributed by atoms with Gasteiger partial charge in [0.15, 0.2) is 0 Å². The lowest BCUT2D eigenvalue weighted by Crippen LogP contribution is -2.63. The number of carbonyl (C=O) groups excluding carboxylic acids is 1. The van der Waals surface area contributed by atoms with Gasteiger partial charge in [-0.15, -0.1) is 11.6 Å². The molecular formula is C10H19ClN2O3S. The van der Waals surface area contributed by atoms with Gasteiger partial charge in [-0.1, -0.05) is 0 Å². The second kappa shape index (κ2) is 5.12. The molecule has 0 N–H and O–H groups in total. The van der Waals surface area contributed by atoms with Gasteiger partial charge in [-0.05, 0) is 20.3 Å². The van der Waals surface area contributed by atoms with Crippen molar-refractivity contribution in [2.75, 3.05) is 31.8 Å². The average Bonchev–Trinajstić information content (AvgIpc) is 2.23. The van der Waals surface area contributed by atoms with Crippen molar-refractivity contribution in [2.24, 2.45) is 0 Å². The van der Waals surface area contributed by atoms with Crippen LogP contribution in [0, 0.1) is 0 Å². The van der Waals surface area contributed by atoms with Crippen LogP contribution in [0.15, 0.2) is 0 Å². The molecule has 5 nitrogen and oxygen atoms in total. The molecule has 0 unspecified atom stereocenters. The predicted octanol–water partition coefficient (Wildman–Crippen LogP) is 0.498. The largest absolute Gasteiger partial charge is 0.343 e. The molecule has 0 aromatic heterocycles. The molecule has 1 fully saturated rings. The highest BCUT2D eigenvalue weighted by atomic mass is 35.5. The number of sulfonamides is 1. The molecule has 0 bridgehead atoms. The SMILES string of the molecule is CN1CCN(S(=O)(=O)CCCCl)C(C)(C)C1=O. The Morgan fingerprint density at radius 2 is 1.94 bits per heavy atom. The number of carbonyl (C=O) groups is 1. The van der Waals surface area contributed by atoms with Crippen LogP contribution in [-0.2, 0) is 14.8 Å². The Kier molecular flexibility index (Phi) is 4.43. The predicted molar refractivity (Wildman–Crippen MR) is 67.5 cm³/mol. The number of rotatable bonds is 4. The van der Waals surface area contributed by atoms with Gasteiger partial charge >= 0.3 is 0 Å². The maximum atomic E-state index is 12.1. The smallest absolute Gasteiger partial charge is 0.243 e. The third-order valence-electron chi connectivity index (χ3n) is 3.00. The van der Waals surface area contributed by atoms with E-state index in [1.807, 2.05) is 0 Å². The van der Waals surface area contributed by atoms with Crippen LogP contribution in [0.5, 0.6) is 0 Å². The number of halogens is 1. The fourth-order valence-electron chi connectivity index (χ4n) is 2.03. The van der Waals surface area contributed by atoms with Gasteiger partial charge in [0.05, 0.1) is 5.75 Å². The number of alkyl halides is 1. The first-order chi connectivity index (χ1) is 7.73. The zero-order chi connectivity index (χ0) is 13.3. The van der Waals surface area contributed by atoms with Gasteiger partial charge in [0.25, 0.3) is 0 Å². The minimum atomic E-state index is -3.41. The third kappa shape index (κ3) is 2.92. The zero-order valence-corrected chi connectivity index (χ0v) is 12.0. The summed E-state index contributed by atoms with van der Waals surface area (Å²) >= 11 is 5.51. The standard InChI is InChI=1S/C10H19ClN2O3S/c1-10(2)9(14)12(3)6-7-13(10)17(15,16)8-4-5-11/h4-8H2,1-3H3. The van der Waals surface area contributed by atoms with Crippen molar-refractivity contribution in [3.8, 4) is 0 Å². The van der Waals surface area contributed by atoms with Gasteiger partial charge in [-0.2, -0.15) is 4.31 Å². The second-order valence-electron chi connectivity index (χ2n) is 4.72. The van der Waals surface area contributed by atoms with Crippen LogP contribution in [0.4, 0.5) is 0 Å². The lowest BCUT2D eigenvalue weighted by atomic mass is 10.0. The van der Waals surface area contributed by atoms with Gasteiger partial charge in [0.2, 0.25) is 15.9 Å². The van der Waals surface area contributed by atoms with Crippen molar-refractivity contribution < 1.29 is 13.2 Å². The van der Waals surface area contributed by atoms with Crippen molar-refractivity contribution >= 4 is 27.5 Å². The van der Waals surface area contributed by atoms with Gasteiger partial charge in [-0.3, -0.25) is 4.79 Å². The van der Waals surface area contributed by atoms with E-state index in [1.165, 1.54) is 4.31 Å². The number of likely N-dealkylation sites (N-methyl/N-ethyl adjacent to an activating group) is 1. The highest BCUT2D eigenvalue weighted by molar-refractivity contribution is 7.89. The Labute approximate surface area is 108 Å². The first-order valence-electron chi connectivity index (χ1n) is 5.55. The highest BCUT2D eigenvalue weighted by Gasteiger charge is 2.45. The van der Waals surface area contributed by atoms with E-state index in [1.54, 1.807) is 25.8 Å². The molecule has 0 saturated carbocycles. The number of hydrogen-bond acceptors (Lipinski definition) is 3. The Balaban J connectivity index is 2.94. The summed E-state index contributed by atoms with van der Waals surface area (Å²) in [6, 6.07) is 0. The van der Waals surface area contributed by atoms with Crippen molar-refractivity contribution in [3.63, 3.8) is 0 Å². The van der Waals surface area contributed by atoms with Crippen molar-refractivity contribution in [2.45, 2.75) is 25.8 Å². The summed E-state index contributed by atoms with van der Waals surface area (Å²) in [7, 11) is -1.72. The maximum Gasteiger partial charge on any atom is 0.243 e. The summed E-state index contributed by atoms with van der Waals surface area (Å²) in [5.74, 6) is 0.136. The van der Waals surface area contributed by atoms with Gasteiger partial charge in [0, 0.05) is 26.0 Å². The van der Waals surface area contributed by atoms with Crippen molar-refractivity contribution in [3.05, 3.63) is 0 Å². The summed E-state index contributed by atoms with van der Waals surface area (Å²) in [5.41, 5.74) is -1.00. The van der Waals surface area contributed by atoms with E-state index in [0.29, 0.717) is 25.4 Å². The van der Waals surface area contributed by atoms with E-state index >= 15 is 0 Å². The second-order valence-corrected chi connectivity index (χ2v) is 7.11. The van der Waals surface area contributed by atoms with Crippen LogP contribution in [0.2, 0.25) is 0 Å². The van der Waals surface area contributed by atoms with Crippen LogP contribution >= 0.6 is 11.6 Å². The Morgan fingerprint density at radius 3 is 2.47 bits per heavy atom. The molecular weight excluding hydrogens is 264 g/mol. The summed E-state index contributed by atoms with van der Waals surface area (Å²) < 4.78 is 25.5. The molecule has 1 heterocycles. The molecule has 0 radical (unpaired) electrons. The number of hydrogen-bond donors (Lipinski definition) is 0. The van der Waals surface area contributed by atoms with E-state index in [0.717, 1.165) is 0 Å². The molecule has 0 spiro atoms. The lowest BCUT2D eigenvalue weighted by molar-refractivity contribution is -0.142. The molecule has 17 heavy (non-hydrogen) atoms.